The highest BCUT2D eigenvalue weighted by Crippen LogP contribution is 2.36. The van der Waals surface area contributed by atoms with Crippen molar-refractivity contribution in [3.8, 4) is 24.0 Å². The summed E-state index contributed by atoms with van der Waals surface area (Å²) in [4.78, 5) is 56.7. The van der Waals surface area contributed by atoms with Gasteiger partial charge in [0, 0.05) is 75.1 Å². The summed E-state index contributed by atoms with van der Waals surface area (Å²) >= 11 is 0. The number of hydrogen-bond acceptors (Lipinski definition) is 14. The maximum Gasteiger partial charge on any atom is 0.272 e. The highest BCUT2D eigenvalue weighted by Gasteiger charge is 2.44. The van der Waals surface area contributed by atoms with E-state index in [0.29, 0.717) is 46.0 Å². The number of amides is 2. The van der Waals surface area contributed by atoms with Gasteiger partial charge in [0.05, 0.1) is 35.4 Å². The molecule has 0 radical (unpaired) electrons. The Hall–Kier alpha value is -6.64. The van der Waals surface area contributed by atoms with Crippen LogP contribution in [-0.4, -0.2) is 131 Å². The molecule has 8 heterocycles. The Balaban J connectivity index is 0.000000154. The van der Waals surface area contributed by atoms with Crippen molar-refractivity contribution in [2.45, 2.75) is 89.4 Å². The molecule has 0 unspecified atom stereocenters. The largest absolute Gasteiger partial charge is 0.348 e. The Kier molecular flexibility index (Phi) is 10.3. The van der Waals surface area contributed by atoms with Crippen LogP contribution >= 0.6 is 0 Å². The molecule has 4 aliphatic rings. The van der Waals surface area contributed by atoms with E-state index in [1.54, 1.807) is 59.0 Å². The molecule has 10 rings (SSSR count). The number of nitriles is 2. The summed E-state index contributed by atoms with van der Waals surface area (Å²) in [5.41, 5.74) is 2.41. The maximum absolute atomic E-state index is 13.0. The number of carbonyl (C=O) groups is 2. The predicted octanol–water partition coefficient (Wildman–Crippen LogP) is 2.85. The molecule has 2 amide bonds. The van der Waals surface area contributed by atoms with Gasteiger partial charge in [0.25, 0.3) is 11.8 Å². The molecule has 20 heteroatoms. The second-order valence-corrected chi connectivity index (χ2v) is 17.1. The third kappa shape index (κ3) is 7.78. The molecule has 4 N–H and O–H groups in total. The molecule has 2 aliphatic carbocycles. The summed E-state index contributed by atoms with van der Waals surface area (Å²) in [6.07, 6.45) is 20.9. The van der Waals surface area contributed by atoms with E-state index in [9.17, 15) is 20.1 Å². The molecule has 0 spiro atoms. The van der Waals surface area contributed by atoms with Crippen molar-refractivity contribution in [3.63, 3.8) is 0 Å². The maximum atomic E-state index is 13.0. The van der Waals surface area contributed by atoms with Gasteiger partial charge in [-0.2, -0.15) is 20.7 Å². The third-order valence-electron chi connectivity index (χ3n) is 12.3. The molecule has 2 saturated carbocycles. The van der Waals surface area contributed by atoms with Crippen molar-refractivity contribution < 1.29 is 9.59 Å². The van der Waals surface area contributed by atoms with Crippen LogP contribution in [0.3, 0.4) is 0 Å². The molecule has 2 aliphatic heterocycles. The first-order chi connectivity index (χ1) is 29.1. The molecule has 60 heavy (non-hydrogen) atoms. The Morgan fingerprint density at radius 1 is 0.650 bits per heavy atom. The minimum atomic E-state index is -0.225. The fourth-order valence-electron chi connectivity index (χ4n) is 9.01. The topological polar surface area (TPSA) is 257 Å². The lowest BCUT2D eigenvalue weighted by atomic mass is 9.79. The Bertz CT molecular complexity index is 2380. The van der Waals surface area contributed by atoms with Crippen molar-refractivity contribution in [2.24, 2.45) is 10.8 Å². The van der Waals surface area contributed by atoms with Crippen molar-refractivity contribution in [3.05, 3.63) is 61.2 Å². The number of imidazole rings is 2. The Morgan fingerprint density at radius 3 is 1.40 bits per heavy atom. The minimum Gasteiger partial charge on any atom is -0.348 e. The van der Waals surface area contributed by atoms with Crippen molar-refractivity contribution >= 4 is 33.9 Å². The van der Waals surface area contributed by atoms with Gasteiger partial charge in [0.15, 0.2) is 11.4 Å². The van der Waals surface area contributed by atoms with Crippen LogP contribution in [0.15, 0.2) is 49.8 Å². The number of nitrogens with one attached hydrogen (secondary N) is 4. The summed E-state index contributed by atoms with van der Waals surface area (Å²) in [5.74, 6) is 0.317. The zero-order valence-corrected chi connectivity index (χ0v) is 33.5. The lowest BCUT2D eigenvalue weighted by Crippen LogP contribution is -2.59. The van der Waals surface area contributed by atoms with E-state index in [4.69, 9.17) is 0 Å². The first-order valence-corrected chi connectivity index (χ1v) is 20.4. The fraction of sp³-hybridized carbons (Fsp3) is 0.500. The molecular weight excluding hydrogens is 765 g/mol. The van der Waals surface area contributed by atoms with Gasteiger partial charge in [0.1, 0.15) is 34.7 Å². The average molecular weight is 811 g/mol. The van der Waals surface area contributed by atoms with E-state index >= 15 is 0 Å². The van der Waals surface area contributed by atoms with E-state index in [1.807, 2.05) is 13.8 Å². The van der Waals surface area contributed by atoms with Gasteiger partial charge in [-0.05, 0) is 65.2 Å². The van der Waals surface area contributed by atoms with E-state index < -0.39 is 0 Å². The van der Waals surface area contributed by atoms with Crippen molar-refractivity contribution in [1.82, 2.24) is 79.9 Å². The van der Waals surface area contributed by atoms with Crippen LogP contribution in [0, 0.1) is 33.5 Å². The van der Waals surface area contributed by atoms with Gasteiger partial charge in [0.2, 0.25) is 11.9 Å². The molecule has 308 valence electrons. The molecule has 0 aromatic carbocycles. The highest BCUT2D eigenvalue weighted by molar-refractivity contribution is 6.03. The summed E-state index contributed by atoms with van der Waals surface area (Å²) in [5, 5.41) is 38.4. The first-order valence-electron chi connectivity index (χ1n) is 20.4. The zero-order valence-electron chi connectivity index (χ0n) is 33.5. The molecule has 4 fully saturated rings. The summed E-state index contributed by atoms with van der Waals surface area (Å²) in [7, 11) is 0. The van der Waals surface area contributed by atoms with Crippen LogP contribution < -0.4 is 10.6 Å². The van der Waals surface area contributed by atoms with Crippen molar-refractivity contribution in [2.75, 3.05) is 26.2 Å². The zero-order chi connectivity index (χ0) is 41.4. The van der Waals surface area contributed by atoms with Gasteiger partial charge in [-0.3, -0.25) is 38.7 Å². The van der Waals surface area contributed by atoms with Crippen molar-refractivity contribution in [1.29, 1.82) is 10.5 Å². The van der Waals surface area contributed by atoms with Crippen LogP contribution in [-0.2, 0) is 0 Å². The third-order valence-corrected chi connectivity index (χ3v) is 12.3. The summed E-state index contributed by atoms with van der Waals surface area (Å²) in [6.45, 7) is 7.43. The molecular formula is C40H46N18O2. The molecule has 20 nitrogen and oxygen atoms in total. The SMILES string of the molecule is CC1(C#N)CN(C2CCC(NC(=O)c3nc(-n4ccnc4)nc4cn[nH]c34)CC2)C1.CC1(C#N)CN(C2CCC(NC(=O)c3nc(-n4ccnc4)nc4cn[nH]c34)CC2)C1. The second kappa shape index (κ2) is 15.8. The monoisotopic (exact) mass is 810 g/mol. The van der Waals surface area contributed by atoms with Crippen LogP contribution in [0.5, 0.6) is 0 Å². The number of aromatic amines is 2. The van der Waals surface area contributed by atoms with Crippen LogP contribution in [0.2, 0.25) is 0 Å². The number of fused-ring (bicyclic) bond motifs is 2. The van der Waals surface area contributed by atoms with Gasteiger partial charge in [-0.25, -0.2) is 29.9 Å². The quantitative estimate of drug-likeness (QED) is 0.173. The number of nitrogens with zero attached hydrogens (tertiary/aromatic N) is 14. The number of H-pyrrole nitrogens is 2. The van der Waals surface area contributed by atoms with Crippen LogP contribution in [0.25, 0.3) is 34.0 Å². The van der Waals surface area contributed by atoms with E-state index in [2.05, 4.69) is 82.9 Å². The van der Waals surface area contributed by atoms with E-state index in [-0.39, 0.29) is 46.1 Å². The van der Waals surface area contributed by atoms with E-state index in [0.717, 1.165) is 77.5 Å². The fourth-order valence-corrected chi connectivity index (χ4v) is 9.01. The smallest absolute Gasteiger partial charge is 0.272 e. The lowest BCUT2D eigenvalue weighted by molar-refractivity contribution is 0.00178. The number of rotatable bonds is 8. The van der Waals surface area contributed by atoms with Gasteiger partial charge in [-0.15, -0.1) is 0 Å². The number of hydrogen-bond donors (Lipinski definition) is 4. The summed E-state index contributed by atoms with van der Waals surface area (Å²) in [6, 6.07) is 6.04. The van der Waals surface area contributed by atoms with Crippen LogP contribution in [0.4, 0.5) is 0 Å². The normalized spacial score (nSPS) is 23.6. The van der Waals surface area contributed by atoms with Crippen LogP contribution in [0.1, 0.15) is 86.2 Å². The summed E-state index contributed by atoms with van der Waals surface area (Å²) < 4.78 is 3.33. The number of aromatic nitrogens is 12. The van der Waals surface area contributed by atoms with E-state index in [1.165, 1.54) is 0 Å². The Morgan fingerprint density at radius 2 is 1.05 bits per heavy atom. The van der Waals surface area contributed by atoms with Gasteiger partial charge < -0.3 is 10.6 Å². The molecule has 2 saturated heterocycles. The Labute approximate surface area is 344 Å². The predicted molar refractivity (Wildman–Crippen MR) is 215 cm³/mol. The average Bonchev–Trinajstić information content (AvgIpc) is 4.10. The lowest BCUT2D eigenvalue weighted by Gasteiger charge is -2.49. The molecule has 0 bridgehead atoms. The van der Waals surface area contributed by atoms with Gasteiger partial charge >= 0.3 is 0 Å². The first kappa shape index (κ1) is 38.9. The number of carbonyl (C=O) groups excluding carboxylic acids is 2. The number of likely N-dealkylation sites (tertiary alicyclic amines) is 2. The molecule has 6 aromatic rings. The minimum absolute atomic E-state index is 0.113. The standard InChI is InChI=1S/2C20H23N9O/c2*1-20(9-21)10-29(11-20)14-4-2-13(3-5-14)24-18(30)17-16-15(8-23-27-16)25-19(26-17)28-7-6-22-12-28/h2*6-8,12-14H,2-5,10-11H2,1H3,(H,23,27)(H,24,30). The molecule has 6 aromatic heterocycles. The van der Waals surface area contributed by atoms with Gasteiger partial charge in [-0.1, -0.05) is 0 Å². The highest BCUT2D eigenvalue weighted by atomic mass is 16.2. The second-order valence-electron chi connectivity index (χ2n) is 17.1. The molecule has 0 atom stereocenters.